The Morgan fingerprint density at radius 1 is 1.20 bits per heavy atom. The van der Waals surface area contributed by atoms with Crippen LogP contribution in [0.3, 0.4) is 0 Å². The average Bonchev–Trinajstić information content (AvgIpc) is 3.42. The van der Waals surface area contributed by atoms with Crippen molar-refractivity contribution < 1.29 is 22.4 Å². The molecule has 0 radical (unpaired) electrons. The van der Waals surface area contributed by atoms with Crippen LogP contribution in [0.2, 0.25) is 0 Å². The average molecular weight is 429 g/mol. The number of furan rings is 1. The Bertz CT molecular complexity index is 1170. The first-order valence-electron chi connectivity index (χ1n) is 9.75. The molecule has 0 unspecified atom stereocenters. The quantitative estimate of drug-likeness (QED) is 0.616. The molecule has 158 valence electrons. The predicted molar refractivity (Wildman–Crippen MR) is 112 cm³/mol. The van der Waals surface area contributed by atoms with Crippen LogP contribution in [0.4, 0.5) is 5.82 Å². The third-order valence-corrected chi connectivity index (χ3v) is 7.43. The first-order valence-corrected chi connectivity index (χ1v) is 11.2. The van der Waals surface area contributed by atoms with Crippen molar-refractivity contribution in [3.05, 3.63) is 59.7 Å². The van der Waals surface area contributed by atoms with E-state index >= 15 is 0 Å². The number of ether oxygens (including phenoxy) is 1. The smallest absolute Gasteiger partial charge is 0.228 e. The van der Waals surface area contributed by atoms with Crippen molar-refractivity contribution in [3.63, 3.8) is 0 Å². The second-order valence-corrected chi connectivity index (χ2v) is 9.38. The van der Waals surface area contributed by atoms with E-state index in [-0.39, 0.29) is 27.4 Å². The Balaban J connectivity index is 1.85. The molecule has 2 heterocycles. The highest BCUT2D eigenvalue weighted by Crippen LogP contribution is 2.38. The summed E-state index contributed by atoms with van der Waals surface area (Å²) in [5, 5.41) is 2.89. The van der Waals surface area contributed by atoms with Crippen LogP contribution in [-0.2, 0) is 21.2 Å². The number of anilines is 1. The Hall–Kier alpha value is -3.00. The van der Waals surface area contributed by atoms with Crippen LogP contribution in [0.15, 0.2) is 56.9 Å². The van der Waals surface area contributed by atoms with Gasteiger partial charge in [0.15, 0.2) is 0 Å². The first kappa shape index (κ1) is 20.3. The van der Waals surface area contributed by atoms with E-state index in [0.717, 1.165) is 18.5 Å². The van der Waals surface area contributed by atoms with Crippen molar-refractivity contribution in [1.29, 1.82) is 0 Å². The number of hydrogen-bond donors (Lipinski definition) is 1. The van der Waals surface area contributed by atoms with Gasteiger partial charge in [0, 0.05) is 11.6 Å². The lowest BCUT2D eigenvalue weighted by molar-refractivity contribution is -0.117. The van der Waals surface area contributed by atoms with Crippen molar-refractivity contribution in [2.75, 3.05) is 12.4 Å². The van der Waals surface area contributed by atoms with Gasteiger partial charge in [0.25, 0.3) is 0 Å². The van der Waals surface area contributed by atoms with Crippen LogP contribution in [0.25, 0.3) is 0 Å². The molecular formula is C22H24N2O5S. The number of rotatable bonds is 7. The van der Waals surface area contributed by atoms with Gasteiger partial charge in [0.1, 0.15) is 22.2 Å². The molecule has 2 aromatic heterocycles. The van der Waals surface area contributed by atoms with Crippen LogP contribution in [0, 0.1) is 19.8 Å². The Morgan fingerprint density at radius 2 is 1.90 bits per heavy atom. The molecule has 30 heavy (non-hydrogen) atoms. The summed E-state index contributed by atoms with van der Waals surface area (Å²) in [6.07, 6.45) is 3.21. The van der Waals surface area contributed by atoms with Crippen molar-refractivity contribution in [1.82, 2.24) is 4.57 Å². The Morgan fingerprint density at radius 3 is 2.47 bits per heavy atom. The van der Waals surface area contributed by atoms with Gasteiger partial charge < -0.3 is 19.0 Å². The molecule has 1 aromatic carbocycles. The molecule has 7 nitrogen and oxygen atoms in total. The highest BCUT2D eigenvalue weighted by molar-refractivity contribution is 7.91. The lowest BCUT2D eigenvalue weighted by Gasteiger charge is -2.14. The standard InChI is InChI=1S/C22H24N2O5S/c1-14-15(2)24(13-18-5-4-12-29-18)21(23-22(25)16-6-7-16)20(14)30(26,27)19-10-8-17(28-3)9-11-19/h4-5,8-12,16H,6-7,13H2,1-3H3,(H,23,25). The number of hydrogen-bond acceptors (Lipinski definition) is 5. The van der Waals surface area contributed by atoms with Crippen molar-refractivity contribution in [2.24, 2.45) is 5.92 Å². The zero-order valence-corrected chi connectivity index (χ0v) is 18.0. The fourth-order valence-corrected chi connectivity index (χ4v) is 5.18. The molecule has 3 aromatic rings. The summed E-state index contributed by atoms with van der Waals surface area (Å²) in [6, 6.07) is 9.84. The summed E-state index contributed by atoms with van der Waals surface area (Å²) in [6.45, 7) is 3.92. The highest BCUT2D eigenvalue weighted by Gasteiger charge is 2.35. The molecule has 1 saturated carbocycles. The third-order valence-electron chi connectivity index (χ3n) is 5.50. The van der Waals surface area contributed by atoms with Gasteiger partial charge in [0.2, 0.25) is 15.7 Å². The third kappa shape index (κ3) is 3.63. The van der Waals surface area contributed by atoms with Crippen LogP contribution >= 0.6 is 0 Å². The fourth-order valence-electron chi connectivity index (χ4n) is 3.48. The van der Waals surface area contributed by atoms with Crippen LogP contribution < -0.4 is 10.1 Å². The largest absolute Gasteiger partial charge is 0.497 e. The van der Waals surface area contributed by atoms with E-state index in [2.05, 4.69) is 5.32 Å². The fraction of sp³-hybridized carbons (Fsp3) is 0.318. The molecule has 1 aliphatic carbocycles. The van der Waals surface area contributed by atoms with E-state index in [4.69, 9.17) is 9.15 Å². The lowest BCUT2D eigenvalue weighted by Crippen LogP contribution is -2.19. The normalized spacial score (nSPS) is 14.0. The molecule has 1 N–H and O–H groups in total. The molecule has 0 saturated heterocycles. The number of carbonyl (C=O) groups excluding carboxylic acids is 1. The van der Waals surface area contributed by atoms with Gasteiger partial charge in [0.05, 0.1) is 24.8 Å². The first-order chi connectivity index (χ1) is 14.3. The second kappa shape index (κ2) is 7.68. The summed E-state index contributed by atoms with van der Waals surface area (Å²) in [4.78, 5) is 12.8. The van der Waals surface area contributed by atoms with Gasteiger partial charge in [-0.15, -0.1) is 0 Å². The van der Waals surface area contributed by atoms with Crippen LogP contribution in [0.1, 0.15) is 29.9 Å². The maximum absolute atomic E-state index is 13.6. The number of carbonyl (C=O) groups is 1. The number of nitrogens with one attached hydrogen (secondary N) is 1. The van der Waals surface area contributed by atoms with Crippen molar-refractivity contribution in [2.45, 2.75) is 43.0 Å². The maximum Gasteiger partial charge on any atom is 0.228 e. The Kier molecular flexibility index (Phi) is 5.19. The lowest BCUT2D eigenvalue weighted by atomic mass is 10.3. The number of aromatic nitrogens is 1. The van der Waals surface area contributed by atoms with E-state index in [1.54, 1.807) is 36.0 Å². The summed E-state index contributed by atoms with van der Waals surface area (Å²) in [7, 11) is -2.35. The van der Waals surface area contributed by atoms with E-state index in [9.17, 15) is 13.2 Å². The zero-order chi connectivity index (χ0) is 21.5. The number of methoxy groups -OCH3 is 1. The van der Waals surface area contributed by atoms with E-state index in [1.165, 1.54) is 19.2 Å². The number of nitrogens with zero attached hydrogens (tertiary/aromatic N) is 1. The molecule has 0 atom stereocenters. The SMILES string of the molecule is COc1ccc(S(=O)(=O)c2c(C)c(C)n(Cc3ccco3)c2NC(=O)C2CC2)cc1. The zero-order valence-electron chi connectivity index (χ0n) is 17.1. The monoisotopic (exact) mass is 428 g/mol. The van der Waals surface area contributed by atoms with E-state index in [1.807, 2.05) is 13.0 Å². The molecular weight excluding hydrogens is 404 g/mol. The van der Waals surface area contributed by atoms with Gasteiger partial charge in [-0.1, -0.05) is 0 Å². The minimum absolute atomic E-state index is 0.0610. The number of sulfone groups is 1. The van der Waals surface area contributed by atoms with Crippen molar-refractivity contribution in [3.8, 4) is 5.75 Å². The van der Waals surface area contributed by atoms with Gasteiger partial charge >= 0.3 is 0 Å². The summed E-state index contributed by atoms with van der Waals surface area (Å²) >= 11 is 0. The topological polar surface area (TPSA) is 90.5 Å². The molecule has 0 aliphatic heterocycles. The molecule has 8 heteroatoms. The van der Waals surface area contributed by atoms with Gasteiger partial charge in [-0.2, -0.15) is 0 Å². The van der Waals surface area contributed by atoms with Gasteiger partial charge in [-0.05, 0) is 68.7 Å². The van der Waals surface area contributed by atoms with Gasteiger partial charge in [-0.3, -0.25) is 4.79 Å². The van der Waals surface area contributed by atoms with E-state index < -0.39 is 9.84 Å². The second-order valence-electron chi connectivity index (χ2n) is 7.50. The molecule has 1 amide bonds. The number of amides is 1. The number of benzene rings is 1. The molecule has 0 spiro atoms. The molecule has 1 aliphatic rings. The predicted octanol–water partition coefficient (Wildman–Crippen LogP) is 3.94. The molecule has 0 bridgehead atoms. The summed E-state index contributed by atoms with van der Waals surface area (Å²) in [5.74, 6) is 1.31. The minimum Gasteiger partial charge on any atom is -0.497 e. The van der Waals surface area contributed by atoms with Crippen LogP contribution in [-0.4, -0.2) is 26.0 Å². The molecule has 4 rings (SSSR count). The summed E-state index contributed by atoms with van der Waals surface area (Å²) < 4.78 is 39.6. The highest BCUT2D eigenvalue weighted by atomic mass is 32.2. The Labute approximate surface area is 175 Å². The van der Waals surface area contributed by atoms with Crippen LogP contribution in [0.5, 0.6) is 5.75 Å². The minimum atomic E-state index is -3.88. The molecule has 1 fully saturated rings. The maximum atomic E-state index is 13.6. The summed E-state index contributed by atoms with van der Waals surface area (Å²) in [5.41, 5.74) is 1.35. The van der Waals surface area contributed by atoms with Gasteiger partial charge in [-0.25, -0.2) is 8.42 Å². The van der Waals surface area contributed by atoms with E-state index in [0.29, 0.717) is 23.6 Å². The van der Waals surface area contributed by atoms with Crippen molar-refractivity contribution >= 4 is 21.6 Å².